The van der Waals surface area contributed by atoms with Gasteiger partial charge in [0.05, 0.1) is 0 Å². The van der Waals surface area contributed by atoms with E-state index in [0.29, 0.717) is 29.0 Å². The lowest BCUT2D eigenvalue weighted by Crippen LogP contribution is -2.56. The highest BCUT2D eigenvalue weighted by Gasteiger charge is 2.62. The van der Waals surface area contributed by atoms with Crippen LogP contribution in [0.4, 0.5) is 0 Å². The second-order valence-corrected chi connectivity index (χ2v) is 10.2. The number of hydrogen-bond donors (Lipinski definition) is 0. The summed E-state index contributed by atoms with van der Waals surface area (Å²) in [6.07, 6.45) is 8.72. The molecule has 0 unspecified atom stereocenters. The quantitative estimate of drug-likeness (QED) is 0.642. The molecule has 0 aliphatic heterocycles. The third-order valence-electron chi connectivity index (χ3n) is 9.06. The molecular weight excluding hydrogens is 312 g/mol. The van der Waals surface area contributed by atoms with E-state index in [4.69, 9.17) is 4.74 Å². The normalized spacial score (nSPS) is 52.1. The molecule has 4 aliphatic carbocycles. The molecule has 140 valence electrons. The summed E-state index contributed by atoms with van der Waals surface area (Å²) in [6.45, 7) is 8.87. The van der Waals surface area contributed by atoms with Gasteiger partial charge in [-0.1, -0.05) is 20.8 Å². The van der Waals surface area contributed by atoms with Gasteiger partial charge in [-0.25, -0.2) is 0 Å². The van der Waals surface area contributed by atoms with Gasteiger partial charge in [-0.15, -0.1) is 0 Å². The molecule has 0 spiro atoms. The van der Waals surface area contributed by atoms with Crippen LogP contribution in [0.1, 0.15) is 79.1 Å². The Kier molecular flexibility index (Phi) is 4.09. The number of carbonyl (C=O) groups is 2. The van der Waals surface area contributed by atoms with E-state index < -0.39 is 0 Å². The summed E-state index contributed by atoms with van der Waals surface area (Å²) in [6, 6.07) is 0. The van der Waals surface area contributed by atoms with Crippen molar-refractivity contribution in [3.63, 3.8) is 0 Å². The van der Waals surface area contributed by atoms with Gasteiger partial charge in [0.15, 0.2) is 0 Å². The monoisotopic (exact) mass is 346 g/mol. The van der Waals surface area contributed by atoms with Crippen LogP contribution < -0.4 is 0 Å². The molecule has 3 heteroatoms. The zero-order valence-electron chi connectivity index (χ0n) is 16.3. The fraction of sp³-hybridized carbons (Fsp3) is 0.909. The van der Waals surface area contributed by atoms with E-state index in [1.165, 1.54) is 25.7 Å². The largest absolute Gasteiger partial charge is 0.462 e. The molecule has 4 saturated carbocycles. The third kappa shape index (κ3) is 2.51. The number of carbonyl (C=O) groups excluding carboxylic acids is 2. The van der Waals surface area contributed by atoms with Crippen LogP contribution in [0.3, 0.4) is 0 Å². The summed E-state index contributed by atoms with van der Waals surface area (Å²) in [5, 5.41) is 0. The maximum Gasteiger partial charge on any atom is 0.302 e. The molecule has 0 amide bonds. The van der Waals surface area contributed by atoms with Crippen LogP contribution in [0.15, 0.2) is 0 Å². The standard InChI is InChI=1S/C22H34O3/c1-13-11-15-12-16(24)7-9-21(15,3)18-8-10-22(4)17(20(13)18)5-6-19(22)25-14(2)23/h13,15,17-20H,5-12H2,1-4H3/t13-,15-,17+,18+,19+,20+,21-,22-/m1/s1. The van der Waals surface area contributed by atoms with Gasteiger partial charge in [-0.3, -0.25) is 9.59 Å². The molecule has 0 aromatic rings. The van der Waals surface area contributed by atoms with E-state index in [2.05, 4.69) is 20.8 Å². The molecule has 25 heavy (non-hydrogen) atoms. The van der Waals surface area contributed by atoms with Crippen molar-refractivity contribution in [2.75, 3.05) is 0 Å². The summed E-state index contributed by atoms with van der Waals surface area (Å²) in [7, 11) is 0. The minimum absolute atomic E-state index is 0.113. The average Bonchev–Trinajstić information content (AvgIpc) is 2.85. The maximum atomic E-state index is 12.1. The Labute approximate surface area is 152 Å². The van der Waals surface area contributed by atoms with Gasteiger partial charge in [0.25, 0.3) is 0 Å². The lowest BCUT2D eigenvalue weighted by Gasteiger charge is -2.62. The molecule has 0 saturated heterocycles. The van der Waals surface area contributed by atoms with Crippen molar-refractivity contribution in [2.24, 2.45) is 40.4 Å². The summed E-state index contributed by atoms with van der Waals surface area (Å²) in [4.78, 5) is 23.6. The average molecular weight is 347 g/mol. The molecule has 0 bridgehead atoms. The van der Waals surface area contributed by atoms with Crippen molar-refractivity contribution in [3.05, 3.63) is 0 Å². The second-order valence-electron chi connectivity index (χ2n) is 10.2. The van der Waals surface area contributed by atoms with Crippen LogP contribution in [0.25, 0.3) is 0 Å². The predicted octanol–water partition coefficient (Wildman–Crippen LogP) is 4.78. The van der Waals surface area contributed by atoms with Gasteiger partial charge in [0.1, 0.15) is 11.9 Å². The summed E-state index contributed by atoms with van der Waals surface area (Å²) < 4.78 is 5.76. The summed E-state index contributed by atoms with van der Waals surface area (Å²) in [5.74, 6) is 3.83. The second kappa shape index (κ2) is 5.82. The molecule has 8 atom stereocenters. The Bertz CT molecular complexity index is 584. The molecule has 4 rings (SSSR count). The van der Waals surface area contributed by atoms with Gasteiger partial charge in [-0.2, -0.15) is 0 Å². The zero-order chi connectivity index (χ0) is 18.0. The summed E-state index contributed by atoms with van der Waals surface area (Å²) >= 11 is 0. The van der Waals surface area contributed by atoms with Crippen LogP contribution >= 0.6 is 0 Å². The zero-order valence-corrected chi connectivity index (χ0v) is 16.3. The Balaban J connectivity index is 1.63. The maximum absolute atomic E-state index is 12.1. The highest BCUT2D eigenvalue weighted by Crippen LogP contribution is 2.67. The van der Waals surface area contributed by atoms with Crippen molar-refractivity contribution in [1.29, 1.82) is 0 Å². The number of Topliss-reactive ketones (excluding diaryl/α,β-unsaturated/α-hetero) is 1. The molecule has 3 nitrogen and oxygen atoms in total. The minimum atomic E-state index is -0.122. The van der Waals surface area contributed by atoms with E-state index in [0.717, 1.165) is 37.5 Å². The number of ketones is 1. The van der Waals surface area contributed by atoms with Gasteiger partial charge >= 0.3 is 5.97 Å². The lowest BCUT2D eigenvalue weighted by molar-refractivity contribution is -0.167. The van der Waals surface area contributed by atoms with E-state index in [1.54, 1.807) is 6.92 Å². The van der Waals surface area contributed by atoms with Crippen LogP contribution in [0.2, 0.25) is 0 Å². The first kappa shape index (κ1) is 17.5. The van der Waals surface area contributed by atoms with Gasteiger partial charge in [0.2, 0.25) is 0 Å². The number of rotatable bonds is 1. The highest BCUT2D eigenvalue weighted by atomic mass is 16.5. The predicted molar refractivity (Wildman–Crippen MR) is 96.8 cm³/mol. The van der Waals surface area contributed by atoms with Crippen molar-refractivity contribution in [1.82, 2.24) is 0 Å². The Morgan fingerprint density at radius 1 is 1.08 bits per heavy atom. The van der Waals surface area contributed by atoms with Crippen LogP contribution in [-0.4, -0.2) is 17.9 Å². The molecule has 0 N–H and O–H groups in total. The van der Waals surface area contributed by atoms with Crippen LogP contribution in [-0.2, 0) is 14.3 Å². The van der Waals surface area contributed by atoms with E-state index in [-0.39, 0.29) is 17.5 Å². The fourth-order valence-corrected chi connectivity index (χ4v) is 7.77. The summed E-state index contributed by atoms with van der Waals surface area (Å²) in [5.41, 5.74) is 0.515. The Morgan fingerprint density at radius 2 is 1.80 bits per heavy atom. The first-order valence-corrected chi connectivity index (χ1v) is 10.4. The Morgan fingerprint density at radius 3 is 2.52 bits per heavy atom. The third-order valence-corrected chi connectivity index (χ3v) is 9.06. The van der Waals surface area contributed by atoms with E-state index >= 15 is 0 Å². The fourth-order valence-electron chi connectivity index (χ4n) is 7.77. The molecular formula is C22H34O3. The molecule has 4 fully saturated rings. The van der Waals surface area contributed by atoms with Gasteiger partial charge in [-0.05, 0) is 73.5 Å². The lowest BCUT2D eigenvalue weighted by atomic mass is 9.43. The molecule has 0 heterocycles. The van der Waals surface area contributed by atoms with Crippen molar-refractivity contribution in [3.8, 4) is 0 Å². The first-order valence-electron chi connectivity index (χ1n) is 10.4. The number of ether oxygens (including phenoxy) is 1. The molecule has 4 aliphatic rings. The number of hydrogen-bond acceptors (Lipinski definition) is 3. The van der Waals surface area contributed by atoms with Crippen LogP contribution in [0.5, 0.6) is 0 Å². The molecule has 0 aromatic heterocycles. The number of esters is 1. The highest BCUT2D eigenvalue weighted by molar-refractivity contribution is 5.79. The van der Waals surface area contributed by atoms with Crippen molar-refractivity contribution >= 4 is 11.8 Å². The topological polar surface area (TPSA) is 43.4 Å². The molecule has 0 radical (unpaired) electrons. The number of fused-ring (bicyclic) bond motifs is 5. The minimum Gasteiger partial charge on any atom is -0.462 e. The van der Waals surface area contributed by atoms with Crippen LogP contribution in [0, 0.1) is 40.4 Å². The Hall–Kier alpha value is -0.860. The SMILES string of the molecule is CC(=O)O[C@H]1CC[C@H]2[C@@H]3[C@H](C)C[C@@H]4CC(=O)CC[C@@]4(C)[C@H]3CC[C@@]12C. The van der Waals surface area contributed by atoms with Crippen molar-refractivity contribution < 1.29 is 14.3 Å². The van der Waals surface area contributed by atoms with E-state index in [1.807, 2.05) is 0 Å². The van der Waals surface area contributed by atoms with Gasteiger partial charge in [0, 0.05) is 25.2 Å². The van der Waals surface area contributed by atoms with Crippen molar-refractivity contribution in [2.45, 2.75) is 85.2 Å². The first-order chi connectivity index (χ1) is 11.8. The smallest absolute Gasteiger partial charge is 0.302 e. The van der Waals surface area contributed by atoms with E-state index in [9.17, 15) is 9.59 Å². The molecule has 0 aromatic carbocycles. The van der Waals surface area contributed by atoms with Gasteiger partial charge < -0.3 is 4.74 Å².